The first-order valence-electron chi connectivity index (χ1n) is 8.46. The molecular weight excluding hydrogens is 260 g/mol. The van der Waals surface area contributed by atoms with E-state index in [0.29, 0.717) is 11.8 Å². The fourth-order valence-electron chi connectivity index (χ4n) is 4.59. The van der Waals surface area contributed by atoms with Gasteiger partial charge in [0.05, 0.1) is 5.41 Å². The van der Waals surface area contributed by atoms with Crippen molar-refractivity contribution in [3.05, 3.63) is 35.4 Å². The predicted octanol–water partition coefficient (Wildman–Crippen LogP) is 4.78. The van der Waals surface area contributed by atoms with Gasteiger partial charge in [0.25, 0.3) is 0 Å². The molecule has 1 fully saturated rings. The molecule has 2 nitrogen and oxygen atoms in total. The standard InChI is InChI=1S/C19H26O2/c1-2-14-10-11-19(12-14,18(20)21)13-16-8-5-7-15-6-3-4-9-17(15)16/h3-4,6,9,14,16H,2,5,7-8,10-13H2,1H3,(H,20,21). The normalized spacial score (nSPS) is 31.9. The summed E-state index contributed by atoms with van der Waals surface area (Å²) in [6.45, 7) is 2.19. The molecule has 21 heavy (non-hydrogen) atoms. The molecule has 1 N–H and O–H groups in total. The molecule has 0 saturated heterocycles. The third kappa shape index (κ3) is 2.73. The number of aliphatic carboxylic acids is 1. The topological polar surface area (TPSA) is 37.3 Å². The second kappa shape index (κ2) is 5.82. The number of hydrogen-bond acceptors (Lipinski definition) is 1. The highest BCUT2D eigenvalue weighted by atomic mass is 16.4. The van der Waals surface area contributed by atoms with Gasteiger partial charge in [-0.1, -0.05) is 37.6 Å². The van der Waals surface area contributed by atoms with Gasteiger partial charge in [0.15, 0.2) is 0 Å². The van der Waals surface area contributed by atoms with Crippen LogP contribution in [0.5, 0.6) is 0 Å². The third-order valence-corrected chi connectivity index (χ3v) is 5.87. The quantitative estimate of drug-likeness (QED) is 0.865. The number of aryl methyl sites for hydroxylation is 1. The van der Waals surface area contributed by atoms with Crippen molar-refractivity contribution in [3.63, 3.8) is 0 Å². The Bertz CT molecular complexity index is 522. The Morgan fingerprint density at radius 3 is 2.86 bits per heavy atom. The SMILES string of the molecule is CCC1CCC(CC2CCCc3ccccc32)(C(=O)O)C1. The van der Waals surface area contributed by atoms with Crippen LogP contribution in [-0.4, -0.2) is 11.1 Å². The molecule has 1 aromatic carbocycles. The minimum atomic E-state index is -0.554. The maximum atomic E-state index is 12.0. The van der Waals surface area contributed by atoms with Gasteiger partial charge in [-0.15, -0.1) is 0 Å². The molecule has 114 valence electrons. The fourth-order valence-corrected chi connectivity index (χ4v) is 4.59. The maximum Gasteiger partial charge on any atom is 0.309 e. The van der Waals surface area contributed by atoms with Crippen LogP contribution in [-0.2, 0) is 11.2 Å². The summed E-state index contributed by atoms with van der Waals surface area (Å²) in [6.07, 6.45) is 8.34. The van der Waals surface area contributed by atoms with Crippen molar-refractivity contribution in [2.75, 3.05) is 0 Å². The van der Waals surface area contributed by atoms with Crippen LogP contribution < -0.4 is 0 Å². The molecule has 0 bridgehead atoms. The monoisotopic (exact) mass is 286 g/mol. The first-order valence-corrected chi connectivity index (χ1v) is 8.46. The summed E-state index contributed by atoms with van der Waals surface area (Å²) in [7, 11) is 0. The average Bonchev–Trinajstić information content (AvgIpc) is 2.92. The Labute approximate surface area is 127 Å². The second-order valence-electron chi connectivity index (χ2n) is 7.09. The number of hydrogen-bond donors (Lipinski definition) is 1. The molecule has 0 heterocycles. The number of carboxylic acid groups (broad SMARTS) is 1. The smallest absolute Gasteiger partial charge is 0.309 e. The summed E-state index contributed by atoms with van der Waals surface area (Å²) in [5.41, 5.74) is 2.40. The van der Waals surface area contributed by atoms with Crippen LogP contribution in [0.25, 0.3) is 0 Å². The fraction of sp³-hybridized carbons (Fsp3) is 0.632. The molecule has 0 amide bonds. The van der Waals surface area contributed by atoms with E-state index < -0.39 is 11.4 Å². The Morgan fingerprint density at radius 1 is 1.33 bits per heavy atom. The van der Waals surface area contributed by atoms with Crippen molar-refractivity contribution in [1.29, 1.82) is 0 Å². The lowest BCUT2D eigenvalue weighted by molar-refractivity contribution is -0.149. The van der Waals surface area contributed by atoms with E-state index in [-0.39, 0.29) is 0 Å². The Morgan fingerprint density at radius 2 is 2.14 bits per heavy atom. The van der Waals surface area contributed by atoms with Crippen LogP contribution in [0.2, 0.25) is 0 Å². The summed E-state index contributed by atoms with van der Waals surface area (Å²) in [5.74, 6) is 0.503. The van der Waals surface area contributed by atoms with E-state index in [1.165, 1.54) is 17.5 Å². The maximum absolute atomic E-state index is 12.0. The van der Waals surface area contributed by atoms with Gasteiger partial charge in [-0.3, -0.25) is 4.79 Å². The largest absolute Gasteiger partial charge is 0.481 e. The van der Waals surface area contributed by atoms with Crippen LogP contribution in [0.1, 0.15) is 68.9 Å². The van der Waals surface area contributed by atoms with E-state index in [2.05, 4.69) is 31.2 Å². The third-order valence-electron chi connectivity index (χ3n) is 5.87. The van der Waals surface area contributed by atoms with E-state index in [0.717, 1.165) is 44.9 Å². The summed E-state index contributed by atoms with van der Waals surface area (Å²) < 4.78 is 0. The Hall–Kier alpha value is -1.31. The average molecular weight is 286 g/mol. The first kappa shape index (κ1) is 14.6. The van der Waals surface area contributed by atoms with Gasteiger partial charge in [0, 0.05) is 0 Å². The van der Waals surface area contributed by atoms with Gasteiger partial charge >= 0.3 is 5.97 Å². The Balaban J connectivity index is 1.83. The van der Waals surface area contributed by atoms with Gasteiger partial charge in [0.1, 0.15) is 0 Å². The molecule has 3 rings (SSSR count). The van der Waals surface area contributed by atoms with Gasteiger partial charge in [-0.25, -0.2) is 0 Å². The molecule has 0 radical (unpaired) electrons. The molecule has 0 aromatic heterocycles. The van der Waals surface area contributed by atoms with E-state index in [1.54, 1.807) is 0 Å². The van der Waals surface area contributed by atoms with Crippen molar-refractivity contribution in [3.8, 4) is 0 Å². The van der Waals surface area contributed by atoms with Crippen LogP contribution in [0.4, 0.5) is 0 Å². The number of carbonyl (C=O) groups is 1. The first-order chi connectivity index (χ1) is 10.1. The van der Waals surface area contributed by atoms with Gasteiger partial charge < -0.3 is 5.11 Å². The summed E-state index contributed by atoms with van der Waals surface area (Å²) in [6, 6.07) is 8.66. The lowest BCUT2D eigenvalue weighted by Gasteiger charge is -2.33. The summed E-state index contributed by atoms with van der Waals surface area (Å²) in [5, 5.41) is 9.86. The van der Waals surface area contributed by atoms with Crippen molar-refractivity contribution >= 4 is 5.97 Å². The van der Waals surface area contributed by atoms with Crippen molar-refractivity contribution in [2.24, 2.45) is 11.3 Å². The zero-order valence-electron chi connectivity index (χ0n) is 13.0. The highest BCUT2D eigenvalue weighted by molar-refractivity contribution is 5.75. The minimum absolute atomic E-state index is 0.446. The molecular formula is C19H26O2. The van der Waals surface area contributed by atoms with E-state index in [9.17, 15) is 9.90 Å². The number of rotatable bonds is 4. The van der Waals surface area contributed by atoms with Gasteiger partial charge in [0.2, 0.25) is 0 Å². The molecule has 2 aliphatic rings. The van der Waals surface area contributed by atoms with E-state index in [4.69, 9.17) is 0 Å². The lowest BCUT2D eigenvalue weighted by atomic mass is 9.71. The molecule has 2 heteroatoms. The van der Waals surface area contributed by atoms with Gasteiger partial charge in [-0.2, -0.15) is 0 Å². The highest BCUT2D eigenvalue weighted by Crippen LogP contribution is 2.50. The number of benzene rings is 1. The van der Waals surface area contributed by atoms with E-state index in [1.807, 2.05) is 0 Å². The zero-order chi connectivity index (χ0) is 14.9. The molecule has 0 spiro atoms. The number of fused-ring (bicyclic) bond motifs is 1. The Kier molecular flexibility index (Phi) is 4.05. The predicted molar refractivity (Wildman–Crippen MR) is 84.4 cm³/mol. The second-order valence-corrected chi connectivity index (χ2v) is 7.09. The molecule has 2 aliphatic carbocycles. The van der Waals surface area contributed by atoms with Crippen molar-refractivity contribution in [2.45, 2.75) is 64.2 Å². The number of carboxylic acids is 1. The van der Waals surface area contributed by atoms with Crippen LogP contribution in [0, 0.1) is 11.3 Å². The molecule has 3 unspecified atom stereocenters. The van der Waals surface area contributed by atoms with Crippen molar-refractivity contribution < 1.29 is 9.90 Å². The zero-order valence-corrected chi connectivity index (χ0v) is 13.0. The minimum Gasteiger partial charge on any atom is -0.481 e. The highest BCUT2D eigenvalue weighted by Gasteiger charge is 2.46. The molecule has 3 atom stereocenters. The summed E-state index contributed by atoms with van der Waals surface area (Å²) in [4.78, 5) is 12.0. The molecule has 1 aromatic rings. The lowest BCUT2D eigenvalue weighted by Crippen LogP contribution is -2.31. The molecule has 0 aliphatic heterocycles. The molecule has 1 saturated carbocycles. The van der Waals surface area contributed by atoms with E-state index >= 15 is 0 Å². The van der Waals surface area contributed by atoms with Gasteiger partial charge in [-0.05, 0) is 67.9 Å². The van der Waals surface area contributed by atoms with Crippen LogP contribution in [0.15, 0.2) is 24.3 Å². The van der Waals surface area contributed by atoms with Crippen molar-refractivity contribution in [1.82, 2.24) is 0 Å². The summed E-state index contributed by atoms with van der Waals surface area (Å²) >= 11 is 0. The van der Waals surface area contributed by atoms with Crippen LogP contribution >= 0.6 is 0 Å². The van der Waals surface area contributed by atoms with Crippen LogP contribution in [0.3, 0.4) is 0 Å².